The third-order valence-corrected chi connectivity index (χ3v) is 4.44. The topological polar surface area (TPSA) is 20.2 Å². The van der Waals surface area contributed by atoms with Gasteiger partial charge in [-0.2, -0.15) is 11.8 Å². The van der Waals surface area contributed by atoms with Crippen LogP contribution in [0.25, 0.3) is 0 Å². The van der Waals surface area contributed by atoms with Crippen molar-refractivity contribution in [1.82, 2.24) is 0 Å². The summed E-state index contributed by atoms with van der Waals surface area (Å²) in [5, 5.41) is 10.2. The molecular weight excluding hydrogens is 204 g/mol. The Morgan fingerprint density at radius 1 is 1.40 bits per heavy atom. The minimum absolute atomic E-state index is 0.0696. The van der Waals surface area contributed by atoms with Gasteiger partial charge in [-0.1, -0.05) is 29.8 Å². The normalized spacial score (nSPS) is 25.7. The summed E-state index contributed by atoms with van der Waals surface area (Å²) in [5.74, 6) is 1.03. The average molecular weight is 222 g/mol. The van der Waals surface area contributed by atoms with Crippen LogP contribution in [0.3, 0.4) is 0 Å². The standard InChI is InChI=1S/C13H18OS/c1-10-4-2-5-11(8-10)9-15-13-7-3-6-12(13)14/h2,4-5,8,12-14H,3,6-7,9H2,1H3. The number of rotatable bonds is 3. The molecule has 1 fully saturated rings. The fraction of sp³-hybridized carbons (Fsp3) is 0.538. The molecule has 1 saturated carbocycles. The van der Waals surface area contributed by atoms with Gasteiger partial charge in [-0.15, -0.1) is 0 Å². The van der Waals surface area contributed by atoms with Crippen molar-refractivity contribution in [1.29, 1.82) is 0 Å². The van der Waals surface area contributed by atoms with E-state index in [0.717, 1.165) is 12.2 Å². The monoisotopic (exact) mass is 222 g/mol. The first-order chi connectivity index (χ1) is 7.25. The van der Waals surface area contributed by atoms with Crippen LogP contribution in [0.5, 0.6) is 0 Å². The first-order valence-electron chi connectivity index (χ1n) is 5.61. The molecule has 82 valence electrons. The molecule has 1 N–H and O–H groups in total. The zero-order chi connectivity index (χ0) is 10.7. The van der Waals surface area contributed by atoms with Crippen molar-refractivity contribution in [2.24, 2.45) is 0 Å². The summed E-state index contributed by atoms with van der Waals surface area (Å²) in [5.41, 5.74) is 2.69. The zero-order valence-electron chi connectivity index (χ0n) is 9.15. The molecule has 0 heterocycles. The van der Waals surface area contributed by atoms with E-state index < -0.39 is 0 Å². The number of thioether (sulfide) groups is 1. The van der Waals surface area contributed by atoms with Gasteiger partial charge >= 0.3 is 0 Å². The maximum atomic E-state index is 9.70. The van der Waals surface area contributed by atoms with Crippen LogP contribution in [-0.2, 0) is 5.75 Å². The van der Waals surface area contributed by atoms with Crippen molar-refractivity contribution >= 4 is 11.8 Å². The summed E-state index contributed by atoms with van der Waals surface area (Å²) in [6.07, 6.45) is 3.29. The van der Waals surface area contributed by atoms with Gasteiger partial charge in [0.25, 0.3) is 0 Å². The van der Waals surface area contributed by atoms with E-state index in [0.29, 0.717) is 5.25 Å². The van der Waals surface area contributed by atoms with Gasteiger partial charge in [0.1, 0.15) is 0 Å². The Morgan fingerprint density at radius 2 is 2.27 bits per heavy atom. The van der Waals surface area contributed by atoms with E-state index in [-0.39, 0.29) is 6.10 Å². The minimum atomic E-state index is -0.0696. The van der Waals surface area contributed by atoms with Crippen LogP contribution in [0, 0.1) is 6.92 Å². The number of hydrogen-bond acceptors (Lipinski definition) is 2. The van der Waals surface area contributed by atoms with Crippen LogP contribution in [0.4, 0.5) is 0 Å². The molecule has 1 aliphatic carbocycles. The first-order valence-corrected chi connectivity index (χ1v) is 6.66. The summed E-state index contributed by atoms with van der Waals surface area (Å²) in [7, 11) is 0. The van der Waals surface area contributed by atoms with E-state index in [4.69, 9.17) is 0 Å². The lowest BCUT2D eigenvalue weighted by Crippen LogP contribution is -2.15. The first kappa shape index (κ1) is 11.0. The fourth-order valence-corrected chi connectivity index (χ4v) is 3.38. The third kappa shape index (κ3) is 2.99. The van der Waals surface area contributed by atoms with Gasteiger partial charge in [-0.25, -0.2) is 0 Å². The fourth-order valence-electron chi connectivity index (χ4n) is 2.11. The highest BCUT2D eigenvalue weighted by Crippen LogP contribution is 2.32. The molecule has 15 heavy (non-hydrogen) atoms. The van der Waals surface area contributed by atoms with Crippen molar-refractivity contribution in [3.63, 3.8) is 0 Å². The summed E-state index contributed by atoms with van der Waals surface area (Å²) < 4.78 is 0. The summed E-state index contributed by atoms with van der Waals surface area (Å²) in [6.45, 7) is 2.12. The number of benzene rings is 1. The van der Waals surface area contributed by atoms with Crippen LogP contribution in [0.15, 0.2) is 24.3 Å². The molecule has 1 aromatic carbocycles. The molecule has 1 nitrogen and oxygen atoms in total. The number of hydrogen-bond donors (Lipinski definition) is 1. The van der Waals surface area contributed by atoms with E-state index in [2.05, 4.69) is 31.2 Å². The summed E-state index contributed by atoms with van der Waals surface area (Å²) >= 11 is 1.90. The predicted molar refractivity (Wildman–Crippen MR) is 66.1 cm³/mol. The van der Waals surface area contributed by atoms with Gasteiger partial charge in [-0.3, -0.25) is 0 Å². The van der Waals surface area contributed by atoms with Crippen molar-refractivity contribution in [3.8, 4) is 0 Å². The van der Waals surface area contributed by atoms with Crippen LogP contribution in [-0.4, -0.2) is 16.5 Å². The van der Waals surface area contributed by atoms with Gasteiger partial charge in [0.2, 0.25) is 0 Å². The highest BCUT2D eigenvalue weighted by molar-refractivity contribution is 7.99. The molecule has 0 radical (unpaired) electrons. The highest BCUT2D eigenvalue weighted by Gasteiger charge is 2.25. The van der Waals surface area contributed by atoms with Crippen LogP contribution >= 0.6 is 11.8 Å². The lowest BCUT2D eigenvalue weighted by atomic mass is 10.2. The van der Waals surface area contributed by atoms with Crippen molar-refractivity contribution in [2.45, 2.75) is 43.3 Å². The maximum Gasteiger partial charge on any atom is 0.0658 e. The van der Waals surface area contributed by atoms with Crippen molar-refractivity contribution in [3.05, 3.63) is 35.4 Å². The van der Waals surface area contributed by atoms with Gasteiger partial charge in [0.15, 0.2) is 0 Å². The number of aryl methyl sites for hydroxylation is 1. The molecule has 1 aromatic rings. The predicted octanol–water partition coefficient (Wildman–Crippen LogP) is 3.14. The Morgan fingerprint density at radius 3 is 2.93 bits per heavy atom. The van der Waals surface area contributed by atoms with Crippen molar-refractivity contribution in [2.75, 3.05) is 0 Å². The van der Waals surface area contributed by atoms with Gasteiger partial charge in [-0.05, 0) is 31.7 Å². The lowest BCUT2D eigenvalue weighted by molar-refractivity contribution is 0.188. The van der Waals surface area contributed by atoms with Crippen molar-refractivity contribution < 1.29 is 5.11 Å². The lowest BCUT2D eigenvalue weighted by Gasteiger charge is -2.13. The SMILES string of the molecule is Cc1cccc(CSC2CCCC2O)c1. The van der Waals surface area contributed by atoms with E-state index in [9.17, 15) is 5.11 Å². The third-order valence-electron chi connectivity index (χ3n) is 2.96. The Bertz CT molecular complexity index is 324. The Hall–Kier alpha value is -0.470. The molecule has 2 heteroatoms. The van der Waals surface area contributed by atoms with Gasteiger partial charge in [0, 0.05) is 11.0 Å². The minimum Gasteiger partial charge on any atom is -0.392 e. The smallest absolute Gasteiger partial charge is 0.0658 e. The molecule has 0 amide bonds. The van der Waals surface area contributed by atoms with E-state index >= 15 is 0 Å². The number of aliphatic hydroxyl groups excluding tert-OH is 1. The molecule has 0 saturated heterocycles. The molecule has 2 unspecified atom stereocenters. The summed E-state index contributed by atoms with van der Waals surface area (Å²) in [4.78, 5) is 0. The van der Waals surface area contributed by atoms with Crippen LogP contribution < -0.4 is 0 Å². The molecular formula is C13H18OS. The second kappa shape index (κ2) is 5.04. The van der Waals surface area contributed by atoms with Crippen LogP contribution in [0.1, 0.15) is 30.4 Å². The van der Waals surface area contributed by atoms with E-state index in [1.807, 2.05) is 11.8 Å². The second-order valence-corrected chi connectivity index (χ2v) is 5.56. The van der Waals surface area contributed by atoms with Crippen LogP contribution in [0.2, 0.25) is 0 Å². The molecule has 2 atom stereocenters. The quantitative estimate of drug-likeness (QED) is 0.848. The summed E-state index contributed by atoms with van der Waals surface area (Å²) in [6, 6.07) is 8.63. The Balaban J connectivity index is 1.87. The zero-order valence-corrected chi connectivity index (χ0v) is 9.96. The molecule has 0 aromatic heterocycles. The van der Waals surface area contributed by atoms with Gasteiger partial charge in [0.05, 0.1) is 6.10 Å². The Kier molecular flexibility index (Phi) is 3.71. The average Bonchev–Trinajstić information content (AvgIpc) is 2.61. The van der Waals surface area contributed by atoms with Gasteiger partial charge < -0.3 is 5.11 Å². The molecule has 0 spiro atoms. The second-order valence-electron chi connectivity index (χ2n) is 4.34. The largest absolute Gasteiger partial charge is 0.392 e. The maximum absolute atomic E-state index is 9.70. The molecule has 1 aliphatic rings. The van der Waals surface area contributed by atoms with E-state index in [1.165, 1.54) is 24.0 Å². The Labute approximate surface area is 95.9 Å². The molecule has 0 bridgehead atoms. The highest BCUT2D eigenvalue weighted by atomic mass is 32.2. The molecule has 2 rings (SSSR count). The number of aliphatic hydroxyl groups is 1. The molecule has 0 aliphatic heterocycles. The van der Waals surface area contributed by atoms with E-state index in [1.54, 1.807) is 0 Å².